The van der Waals surface area contributed by atoms with Gasteiger partial charge in [0.25, 0.3) is 5.91 Å². The third-order valence-corrected chi connectivity index (χ3v) is 5.36. The maximum Gasteiger partial charge on any atom is 0.433 e. The van der Waals surface area contributed by atoms with E-state index in [1.807, 2.05) is 24.3 Å². The number of hydrogen-bond acceptors (Lipinski definition) is 5. The number of rotatable bonds is 3. The standard InChI is InChI=1S/C23H14F3N7O/c1-32-20(14(10-27)11-28-32)31-22(34)17-12-29-33-19(23(24,25)26)9-18(30-21(17)33)16-8-4-6-13-5-2-3-7-15(13)16/h2-9,11-12H,1H3,(H,31,34). The van der Waals surface area contributed by atoms with Crippen LogP contribution in [0.15, 0.2) is 60.9 Å². The highest BCUT2D eigenvalue weighted by Gasteiger charge is 2.36. The molecular formula is C23H14F3N7O. The second kappa shape index (κ2) is 7.70. The molecule has 0 radical (unpaired) electrons. The predicted molar refractivity (Wildman–Crippen MR) is 117 cm³/mol. The zero-order chi connectivity index (χ0) is 24.0. The molecule has 0 aliphatic heterocycles. The van der Waals surface area contributed by atoms with Crippen LogP contribution in [-0.2, 0) is 13.2 Å². The van der Waals surface area contributed by atoms with E-state index in [4.69, 9.17) is 0 Å². The molecule has 3 heterocycles. The number of nitrogens with zero attached hydrogens (tertiary/aromatic N) is 6. The van der Waals surface area contributed by atoms with Crippen LogP contribution in [-0.4, -0.2) is 30.3 Å². The summed E-state index contributed by atoms with van der Waals surface area (Å²) in [5.74, 6) is -0.668. The Labute approximate surface area is 189 Å². The van der Waals surface area contributed by atoms with E-state index in [1.165, 1.54) is 17.9 Å². The number of aryl methyl sites for hydroxylation is 1. The van der Waals surface area contributed by atoms with Gasteiger partial charge in [-0.15, -0.1) is 0 Å². The molecule has 0 saturated heterocycles. The molecule has 8 nitrogen and oxygen atoms in total. The van der Waals surface area contributed by atoms with E-state index in [-0.39, 0.29) is 28.3 Å². The average Bonchev–Trinajstić information content (AvgIpc) is 3.40. The van der Waals surface area contributed by atoms with Crippen molar-refractivity contribution in [3.63, 3.8) is 0 Å². The summed E-state index contributed by atoms with van der Waals surface area (Å²) in [5.41, 5.74) is -0.888. The minimum atomic E-state index is -4.75. The first-order chi connectivity index (χ1) is 16.3. The minimum absolute atomic E-state index is 0.0458. The maximum atomic E-state index is 14.0. The highest BCUT2D eigenvalue weighted by atomic mass is 19.4. The molecule has 0 unspecified atom stereocenters. The highest BCUT2D eigenvalue weighted by molar-refractivity contribution is 6.08. The molecule has 0 aliphatic rings. The van der Waals surface area contributed by atoms with Crippen molar-refractivity contribution in [3.8, 4) is 17.3 Å². The Morgan fingerprint density at radius 3 is 2.62 bits per heavy atom. The first-order valence-corrected chi connectivity index (χ1v) is 9.95. The number of nitriles is 1. The smallest absolute Gasteiger partial charge is 0.305 e. The molecule has 0 fully saturated rings. The SMILES string of the molecule is Cn1ncc(C#N)c1NC(=O)c1cnn2c(C(F)(F)F)cc(-c3cccc4ccccc34)nc12. The second-order valence-corrected chi connectivity index (χ2v) is 7.44. The van der Waals surface area contributed by atoms with Gasteiger partial charge < -0.3 is 5.32 Å². The fraction of sp³-hybridized carbons (Fsp3) is 0.0870. The van der Waals surface area contributed by atoms with Crippen molar-refractivity contribution in [2.75, 3.05) is 5.32 Å². The van der Waals surface area contributed by atoms with Crippen molar-refractivity contribution < 1.29 is 18.0 Å². The number of nitrogens with one attached hydrogen (secondary N) is 1. The van der Waals surface area contributed by atoms with Crippen molar-refractivity contribution in [2.24, 2.45) is 7.05 Å². The van der Waals surface area contributed by atoms with Crippen molar-refractivity contribution >= 4 is 28.1 Å². The third-order valence-electron chi connectivity index (χ3n) is 5.36. The van der Waals surface area contributed by atoms with Crippen LogP contribution >= 0.6 is 0 Å². The van der Waals surface area contributed by atoms with Gasteiger partial charge >= 0.3 is 6.18 Å². The van der Waals surface area contributed by atoms with Crippen LogP contribution in [0.25, 0.3) is 27.7 Å². The zero-order valence-corrected chi connectivity index (χ0v) is 17.5. The van der Waals surface area contributed by atoms with E-state index in [0.29, 0.717) is 15.5 Å². The molecule has 0 bridgehead atoms. The van der Waals surface area contributed by atoms with Gasteiger partial charge in [0.15, 0.2) is 11.3 Å². The number of benzene rings is 2. The number of hydrogen-bond donors (Lipinski definition) is 1. The van der Waals surface area contributed by atoms with Gasteiger partial charge in [-0.25, -0.2) is 9.50 Å². The molecular weight excluding hydrogens is 447 g/mol. The summed E-state index contributed by atoms with van der Waals surface area (Å²) in [7, 11) is 1.52. The fourth-order valence-electron chi connectivity index (χ4n) is 3.75. The Hall–Kier alpha value is -4.72. The molecule has 5 rings (SSSR count). The van der Waals surface area contributed by atoms with Crippen molar-refractivity contribution in [1.82, 2.24) is 24.4 Å². The fourth-order valence-corrected chi connectivity index (χ4v) is 3.75. The third kappa shape index (κ3) is 3.41. The Balaban J connectivity index is 1.71. The van der Waals surface area contributed by atoms with E-state index in [2.05, 4.69) is 20.5 Å². The molecule has 0 aliphatic carbocycles. The van der Waals surface area contributed by atoms with Crippen molar-refractivity contribution in [1.29, 1.82) is 5.26 Å². The number of carbonyl (C=O) groups excluding carboxylic acids is 1. The molecule has 0 atom stereocenters. The lowest BCUT2D eigenvalue weighted by Crippen LogP contribution is -2.17. The average molecular weight is 461 g/mol. The Bertz CT molecular complexity index is 1620. The van der Waals surface area contributed by atoms with Crippen LogP contribution in [0.3, 0.4) is 0 Å². The summed E-state index contributed by atoms with van der Waals surface area (Å²) in [6, 6.07) is 15.3. The quantitative estimate of drug-likeness (QED) is 0.429. The zero-order valence-electron chi connectivity index (χ0n) is 17.5. The molecule has 168 valence electrons. The molecule has 1 amide bonds. The van der Waals surface area contributed by atoms with Crippen LogP contribution in [0.5, 0.6) is 0 Å². The number of alkyl halides is 3. The summed E-state index contributed by atoms with van der Waals surface area (Å²) in [6.07, 6.45) is -2.47. The molecule has 1 N–H and O–H groups in total. The first kappa shape index (κ1) is 21.1. The number of amides is 1. The second-order valence-electron chi connectivity index (χ2n) is 7.44. The largest absolute Gasteiger partial charge is 0.433 e. The normalized spacial score (nSPS) is 11.6. The lowest BCUT2D eigenvalue weighted by molar-refractivity contribution is -0.142. The molecule has 3 aromatic heterocycles. The van der Waals surface area contributed by atoms with Crippen LogP contribution in [0.1, 0.15) is 21.6 Å². The predicted octanol–water partition coefficient (Wildman–Crippen LogP) is 4.43. The van der Waals surface area contributed by atoms with Gasteiger partial charge in [-0.2, -0.15) is 28.6 Å². The van der Waals surface area contributed by atoms with E-state index in [1.54, 1.807) is 24.3 Å². The highest BCUT2D eigenvalue weighted by Crippen LogP contribution is 2.35. The Morgan fingerprint density at radius 1 is 1.09 bits per heavy atom. The minimum Gasteiger partial charge on any atom is -0.305 e. The molecule has 0 spiro atoms. The lowest BCUT2D eigenvalue weighted by atomic mass is 10.0. The number of anilines is 1. The topological polar surface area (TPSA) is 101 Å². The summed E-state index contributed by atoms with van der Waals surface area (Å²) >= 11 is 0. The number of fused-ring (bicyclic) bond motifs is 2. The van der Waals surface area contributed by atoms with Gasteiger partial charge in [0.2, 0.25) is 0 Å². The molecule has 11 heteroatoms. The molecule has 34 heavy (non-hydrogen) atoms. The van der Waals surface area contributed by atoms with Crippen molar-refractivity contribution in [2.45, 2.75) is 6.18 Å². The molecule has 0 saturated carbocycles. The number of aromatic nitrogens is 5. The summed E-state index contributed by atoms with van der Waals surface area (Å²) in [5, 5.41) is 21.0. The van der Waals surface area contributed by atoms with Gasteiger partial charge in [0.05, 0.1) is 18.1 Å². The Kier molecular flexibility index (Phi) is 4.79. The Morgan fingerprint density at radius 2 is 1.85 bits per heavy atom. The maximum absolute atomic E-state index is 14.0. The van der Waals surface area contributed by atoms with E-state index in [9.17, 15) is 23.2 Å². The van der Waals surface area contributed by atoms with Crippen molar-refractivity contribution in [3.05, 3.63) is 77.7 Å². The van der Waals surface area contributed by atoms with Crippen LogP contribution in [0, 0.1) is 11.3 Å². The van der Waals surface area contributed by atoms with E-state index >= 15 is 0 Å². The summed E-state index contributed by atoms with van der Waals surface area (Å²) < 4.78 is 43.7. The summed E-state index contributed by atoms with van der Waals surface area (Å²) in [4.78, 5) is 17.4. The van der Waals surface area contributed by atoms with Gasteiger partial charge in [0.1, 0.15) is 23.0 Å². The van der Waals surface area contributed by atoms with Gasteiger partial charge in [-0.3, -0.25) is 9.48 Å². The van der Waals surface area contributed by atoms with Crippen LogP contribution < -0.4 is 5.32 Å². The van der Waals surface area contributed by atoms with Gasteiger partial charge in [-0.05, 0) is 16.8 Å². The molecule has 2 aromatic carbocycles. The van der Waals surface area contributed by atoms with Crippen LogP contribution in [0.2, 0.25) is 0 Å². The first-order valence-electron chi connectivity index (χ1n) is 9.95. The number of carbonyl (C=O) groups is 1. The number of halogens is 3. The monoisotopic (exact) mass is 461 g/mol. The summed E-state index contributed by atoms with van der Waals surface area (Å²) in [6.45, 7) is 0. The van der Waals surface area contributed by atoms with E-state index < -0.39 is 17.8 Å². The van der Waals surface area contributed by atoms with Gasteiger partial charge in [0, 0.05) is 12.6 Å². The lowest BCUT2D eigenvalue weighted by Gasteiger charge is -2.13. The molecule has 5 aromatic rings. The van der Waals surface area contributed by atoms with Gasteiger partial charge in [-0.1, -0.05) is 42.5 Å². The van der Waals surface area contributed by atoms with Crippen LogP contribution in [0.4, 0.5) is 19.0 Å². The van der Waals surface area contributed by atoms with E-state index in [0.717, 1.165) is 17.6 Å².